The lowest BCUT2D eigenvalue weighted by atomic mass is 10.1. The zero-order valence-electron chi connectivity index (χ0n) is 10.6. The van der Waals surface area contributed by atoms with Gasteiger partial charge in [-0.25, -0.2) is 0 Å². The van der Waals surface area contributed by atoms with E-state index in [1.54, 1.807) is 24.3 Å². The number of aromatic hydroxyl groups is 1. The molecule has 1 aliphatic heterocycles. The molecule has 0 aromatic heterocycles. The molecule has 1 heterocycles. The van der Waals surface area contributed by atoms with Crippen LogP contribution in [0.2, 0.25) is 10.0 Å². The topological polar surface area (TPSA) is 57.6 Å². The first-order chi connectivity index (χ1) is 9.99. The van der Waals surface area contributed by atoms with Crippen molar-refractivity contribution in [2.24, 2.45) is 0 Å². The third-order valence-corrected chi connectivity index (χ3v) is 3.87. The molecule has 0 atom stereocenters. The van der Waals surface area contributed by atoms with Gasteiger partial charge in [-0.3, -0.25) is 14.5 Å². The second-order valence-corrected chi connectivity index (χ2v) is 5.46. The van der Waals surface area contributed by atoms with Crippen LogP contribution in [-0.2, 0) is 6.54 Å². The van der Waals surface area contributed by atoms with Gasteiger partial charge in [-0.1, -0.05) is 35.3 Å². The van der Waals surface area contributed by atoms with Gasteiger partial charge in [-0.15, -0.1) is 0 Å². The predicted octanol–water partition coefficient (Wildman–Crippen LogP) is 3.50. The van der Waals surface area contributed by atoms with Crippen molar-refractivity contribution < 1.29 is 14.7 Å². The fourth-order valence-corrected chi connectivity index (χ4v) is 2.81. The maximum Gasteiger partial charge on any atom is 0.261 e. The highest BCUT2D eigenvalue weighted by Crippen LogP contribution is 2.34. The minimum Gasteiger partial charge on any atom is -0.505 e. The molecule has 3 rings (SSSR count). The first kappa shape index (κ1) is 13.9. The van der Waals surface area contributed by atoms with E-state index in [1.165, 1.54) is 12.1 Å². The number of hydrogen-bond donors (Lipinski definition) is 1. The largest absolute Gasteiger partial charge is 0.505 e. The number of phenols is 1. The zero-order chi connectivity index (χ0) is 15.1. The average molecular weight is 322 g/mol. The minimum absolute atomic E-state index is 0.0477. The third-order valence-electron chi connectivity index (χ3n) is 3.30. The molecule has 106 valence electrons. The fourth-order valence-electron chi connectivity index (χ4n) is 2.27. The van der Waals surface area contributed by atoms with Gasteiger partial charge in [-0.05, 0) is 29.8 Å². The lowest BCUT2D eigenvalue weighted by Gasteiger charge is -2.14. The Morgan fingerprint density at radius 2 is 1.43 bits per heavy atom. The normalized spacial score (nSPS) is 13.7. The summed E-state index contributed by atoms with van der Waals surface area (Å²) in [5, 5.41) is 9.68. The maximum atomic E-state index is 12.2. The highest BCUT2D eigenvalue weighted by Gasteiger charge is 2.35. The summed E-state index contributed by atoms with van der Waals surface area (Å²) in [6, 6.07) is 9.61. The molecule has 0 bridgehead atoms. The Hall–Kier alpha value is -2.04. The average Bonchev–Trinajstić information content (AvgIpc) is 2.70. The van der Waals surface area contributed by atoms with Crippen molar-refractivity contribution in [2.45, 2.75) is 6.54 Å². The molecule has 2 aromatic carbocycles. The summed E-state index contributed by atoms with van der Waals surface area (Å²) in [4.78, 5) is 25.6. The summed E-state index contributed by atoms with van der Waals surface area (Å²) in [6.07, 6.45) is 0. The molecule has 6 heteroatoms. The third kappa shape index (κ3) is 2.26. The number of hydrogen-bond acceptors (Lipinski definition) is 3. The van der Waals surface area contributed by atoms with Crippen LogP contribution in [0, 0.1) is 0 Å². The number of nitrogens with zero attached hydrogens (tertiary/aromatic N) is 1. The summed E-state index contributed by atoms with van der Waals surface area (Å²) in [5.74, 6) is -0.920. The van der Waals surface area contributed by atoms with Crippen LogP contribution in [0.1, 0.15) is 26.3 Å². The van der Waals surface area contributed by atoms with Gasteiger partial charge in [-0.2, -0.15) is 0 Å². The number of carbonyl (C=O) groups excluding carboxylic acids is 2. The van der Waals surface area contributed by atoms with Crippen molar-refractivity contribution in [3.8, 4) is 5.75 Å². The van der Waals surface area contributed by atoms with E-state index in [1.807, 2.05) is 0 Å². The Morgan fingerprint density at radius 1 is 0.952 bits per heavy atom. The number of phenolic OH excluding ortho intramolecular Hbond substituents is 1. The summed E-state index contributed by atoms with van der Waals surface area (Å²) in [7, 11) is 0. The summed E-state index contributed by atoms with van der Waals surface area (Å²) in [6.45, 7) is 0.0477. The molecule has 0 unspecified atom stereocenters. The van der Waals surface area contributed by atoms with E-state index in [-0.39, 0.29) is 34.2 Å². The van der Waals surface area contributed by atoms with Gasteiger partial charge in [0.1, 0.15) is 0 Å². The molecule has 0 spiro atoms. The SMILES string of the molecule is O=C1c2ccccc2C(=O)N1Cc1cc(Cl)c(O)c(Cl)c1. The molecule has 0 aliphatic carbocycles. The molecular formula is C15H9Cl2NO3. The highest BCUT2D eigenvalue weighted by atomic mass is 35.5. The van der Waals surface area contributed by atoms with E-state index < -0.39 is 0 Å². The zero-order valence-corrected chi connectivity index (χ0v) is 12.1. The first-order valence-electron chi connectivity index (χ1n) is 6.11. The standard InChI is InChI=1S/C15H9Cl2NO3/c16-11-5-8(6-12(17)13(11)19)7-18-14(20)9-3-1-2-4-10(9)15(18)21/h1-6,19H,7H2. The molecule has 0 radical (unpaired) electrons. The van der Waals surface area contributed by atoms with Gasteiger partial charge in [0, 0.05) is 0 Å². The Morgan fingerprint density at radius 3 is 1.90 bits per heavy atom. The lowest BCUT2D eigenvalue weighted by molar-refractivity contribution is 0.0642. The second kappa shape index (κ2) is 5.06. The van der Waals surface area contributed by atoms with Crippen LogP contribution in [0.15, 0.2) is 36.4 Å². The van der Waals surface area contributed by atoms with Gasteiger partial charge in [0.15, 0.2) is 5.75 Å². The van der Waals surface area contributed by atoms with Crippen LogP contribution in [0.4, 0.5) is 0 Å². The van der Waals surface area contributed by atoms with E-state index in [0.717, 1.165) is 4.90 Å². The van der Waals surface area contributed by atoms with Crippen LogP contribution in [-0.4, -0.2) is 21.8 Å². The van der Waals surface area contributed by atoms with Crippen molar-refractivity contribution in [1.82, 2.24) is 4.90 Å². The maximum absolute atomic E-state index is 12.2. The molecule has 2 amide bonds. The lowest BCUT2D eigenvalue weighted by Crippen LogP contribution is -2.29. The number of imide groups is 1. The van der Waals surface area contributed by atoms with Gasteiger partial charge in [0.25, 0.3) is 11.8 Å². The summed E-state index contributed by atoms with van der Waals surface area (Å²) in [5.41, 5.74) is 1.34. The first-order valence-corrected chi connectivity index (χ1v) is 6.86. The fraction of sp³-hybridized carbons (Fsp3) is 0.0667. The number of carbonyl (C=O) groups is 2. The molecule has 0 saturated heterocycles. The van der Waals surface area contributed by atoms with Crippen LogP contribution >= 0.6 is 23.2 Å². The van der Waals surface area contributed by atoms with E-state index in [2.05, 4.69) is 0 Å². The molecule has 4 nitrogen and oxygen atoms in total. The van der Waals surface area contributed by atoms with E-state index in [9.17, 15) is 14.7 Å². The Kier molecular flexibility index (Phi) is 3.35. The monoisotopic (exact) mass is 321 g/mol. The van der Waals surface area contributed by atoms with Crippen molar-refractivity contribution in [1.29, 1.82) is 0 Å². The molecule has 21 heavy (non-hydrogen) atoms. The molecular weight excluding hydrogens is 313 g/mol. The Bertz CT molecular complexity index is 715. The number of benzene rings is 2. The minimum atomic E-state index is -0.351. The summed E-state index contributed by atoms with van der Waals surface area (Å²) < 4.78 is 0. The number of amides is 2. The summed E-state index contributed by atoms with van der Waals surface area (Å²) >= 11 is 11.7. The predicted molar refractivity (Wildman–Crippen MR) is 78.8 cm³/mol. The Labute approximate surface area is 130 Å². The second-order valence-electron chi connectivity index (χ2n) is 4.65. The smallest absolute Gasteiger partial charge is 0.261 e. The Balaban J connectivity index is 1.94. The van der Waals surface area contributed by atoms with Gasteiger partial charge >= 0.3 is 0 Å². The number of fused-ring (bicyclic) bond motifs is 1. The molecule has 1 aliphatic rings. The number of halogens is 2. The van der Waals surface area contributed by atoms with Gasteiger partial charge < -0.3 is 5.11 Å². The van der Waals surface area contributed by atoms with Crippen LogP contribution in [0.5, 0.6) is 5.75 Å². The van der Waals surface area contributed by atoms with Crippen LogP contribution in [0.3, 0.4) is 0 Å². The van der Waals surface area contributed by atoms with E-state index in [4.69, 9.17) is 23.2 Å². The molecule has 2 aromatic rings. The van der Waals surface area contributed by atoms with Gasteiger partial charge in [0.2, 0.25) is 0 Å². The van der Waals surface area contributed by atoms with E-state index in [0.29, 0.717) is 16.7 Å². The molecule has 0 fully saturated rings. The van der Waals surface area contributed by atoms with Crippen molar-refractivity contribution in [3.63, 3.8) is 0 Å². The van der Waals surface area contributed by atoms with Crippen molar-refractivity contribution in [2.75, 3.05) is 0 Å². The van der Waals surface area contributed by atoms with E-state index >= 15 is 0 Å². The molecule has 0 saturated carbocycles. The highest BCUT2D eigenvalue weighted by molar-refractivity contribution is 6.37. The quantitative estimate of drug-likeness (QED) is 0.861. The van der Waals surface area contributed by atoms with Crippen molar-refractivity contribution >= 4 is 35.0 Å². The van der Waals surface area contributed by atoms with Crippen LogP contribution in [0.25, 0.3) is 0 Å². The van der Waals surface area contributed by atoms with Gasteiger partial charge in [0.05, 0.1) is 27.7 Å². The van der Waals surface area contributed by atoms with Crippen LogP contribution < -0.4 is 0 Å². The molecule has 1 N–H and O–H groups in total. The van der Waals surface area contributed by atoms with Crippen molar-refractivity contribution in [3.05, 3.63) is 63.1 Å². The number of rotatable bonds is 2.